The standard InChI is InChI=1S/C18H23NO/c1-13(2)20-17-8-6-5-7-16(17)18(4,19)15-11-9-14(3)10-12-15/h5-13H,19H2,1-4H3. The summed E-state index contributed by atoms with van der Waals surface area (Å²) < 4.78 is 5.90. The molecule has 2 rings (SSSR count). The van der Waals surface area contributed by atoms with Gasteiger partial charge < -0.3 is 10.5 Å². The van der Waals surface area contributed by atoms with Crippen LogP contribution in [0.4, 0.5) is 0 Å². The van der Waals surface area contributed by atoms with Crippen LogP contribution in [0.2, 0.25) is 0 Å². The second-order valence-electron chi connectivity index (χ2n) is 5.73. The highest BCUT2D eigenvalue weighted by Crippen LogP contribution is 2.33. The summed E-state index contributed by atoms with van der Waals surface area (Å²) in [5.41, 5.74) is 9.37. The first-order chi connectivity index (χ1) is 9.41. The maximum atomic E-state index is 6.61. The van der Waals surface area contributed by atoms with Crippen LogP contribution < -0.4 is 10.5 Å². The van der Waals surface area contributed by atoms with Crippen molar-refractivity contribution in [3.8, 4) is 5.75 Å². The lowest BCUT2D eigenvalue weighted by Gasteiger charge is -2.29. The summed E-state index contributed by atoms with van der Waals surface area (Å²) in [5.74, 6) is 0.855. The molecule has 2 heteroatoms. The molecule has 0 heterocycles. The van der Waals surface area contributed by atoms with Gasteiger partial charge in [-0.05, 0) is 39.3 Å². The van der Waals surface area contributed by atoms with Crippen molar-refractivity contribution in [3.63, 3.8) is 0 Å². The van der Waals surface area contributed by atoms with Crippen LogP contribution in [0.25, 0.3) is 0 Å². The summed E-state index contributed by atoms with van der Waals surface area (Å²) in [4.78, 5) is 0. The van der Waals surface area contributed by atoms with Crippen molar-refractivity contribution in [3.05, 3.63) is 65.2 Å². The average molecular weight is 269 g/mol. The zero-order valence-corrected chi connectivity index (χ0v) is 12.7. The Morgan fingerprint density at radius 2 is 1.60 bits per heavy atom. The molecule has 1 atom stereocenters. The number of para-hydroxylation sites is 1. The smallest absolute Gasteiger partial charge is 0.125 e. The third-order valence-corrected chi connectivity index (χ3v) is 3.46. The molecule has 2 aromatic rings. The van der Waals surface area contributed by atoms with Crippen LogP contribution in [0.5, 0.6) is 5.75 Å². The first-order valence-electron chi connectivity index (χ1n) is 7.03. The lowest BCUT2D eigenvalue weighted by molar-refractivity contribution is 0.237. The van der Waals surface area contributed by atoms with Gasteiger partial charge in [0.15, 0.2) is 0 Å². The molecule has 0 saturated heterocycles. The van der Waals surface area contributed by atoms with Gasteiger partial charge in [0.05, 0.1) is 11.6 Å². The molecular weight excluding hydrogens is 246 g/mol. The van der Waals surface area contributed by atoms with Gasteiger partial charge in [0.2, 0.25) is 0 Å². The van der Waals surface area contributed by atoms with E-state index in [-0.39, 0.29) is 6.10 Å². The fraction of sp³-hybridized carbons (Fsp3) is 0.333. The zero-order chi connectivity index (χ0) is 14.8. The Labute approximate surface area is 121 Å². The van der Waals surface area contributed by atoms with Gasteiger partial charge >= 0.3 is 0 Å². The van der Waals surface area contributed by atoms with Gasteiger partial charge in [-0.15, -0.1) is 0 Å². The molecule has 2 N–H and O–H groups in total. The molecule has 0 aliphatic carbocycles. The molecular formula is C18H23NO. The fourth-order valence-corrected chi connectivity index (χ4v) is 2.31. The minimum absolute atomic E-state index is 0.130. The van der Waals surface area contributed by atoms with Gasteiger partial charge in [-0.3, -0.25) is 0 Å². The number of benzene rings is 2. The quantitative estimate of drug-likeness (QED) is 0.910. The predicted molar refractivity (Wildman–Crippen MR) is 84.0 cm³/mol. The number of ether oxygens (including phenoxy) is 1. The highest BCUT2D eigenvalue weighted by atomic mass is 16.5. The second kappa shape index (κ2) is 5.68. The first kappa shape index (κ1) is 14.6. The van der Waals surface area contributed by atoms with Crippen LogP contribution >= 0.6 is 0 Å². The maximum Gasteiger partial charge on any atom is 0.125 e. The third-order valence-electron chi connectivity index (χ3n) is 3.46. The van der Waals surface area contributed by atoms with E-state index < -0.39 is 5.54 Å². The van der Waals surface area contributed by atoms with E-state index in [0.29, 0.717) is 0 Å². The van der Waals surface area contributed by atoms with Gasteiger partial charge in [-0.1, -0.05) is 48.0 Å². The van der Waals surface area contributed by atoms with Gasteiger partial charge in [0.1, 0.15) is 5.75 Å². The lowest BCUT2D eigenvalue weighted by atomic mass is 9.85. The van der Waals surface area contributed by atoms with Gasteiger partial charge in [0, 0.05) is 5.56 Å². The Bertz CT molecular complexity index is 570. The molecule has 20 heavy (non-hydrogen) atoms. The highest BCUT2D eigenvalue weighted by molar-refractivity contribution is 5.45. The van der Waals surface area contributed by atoms with Crippen LogP contribution in [0, 0.1) is 6.92 Å². The molecule has 0 fully saturated rings. The van der Waals surface area contributed by atoms with Crippen LogP contribution in [-0.2, 0) is 5.54 Å². The highest BCUT2D eigenvalue weighted by Gasteiger charge is 2.27. The van der Waals surface area contributed by atoms with Gasteiger partial charge in [-0.2, -0.15) is 0 Å². The summed E-state index contributed by atoms with van der Waals surface area (Å²) in [5, 5.41) is 0. The largest absolute Gasteiger partial charge is 0.491 e. The van der Waals surface area contributed by atoms with E-state index in [0.717, 1.165) is 16.9 Å². The molecule has 2 aromatic carbocycles. The molecule has 0 aliphatic rings. The molecule has 0 spiro atoms. The predicted octanol–water partition coefficient (Wildman–Crippen LogP) is 4.00. The van der Waals surface area contributed by atoms with E-state index in [9.17, 15) is 0 Å². The van der Waals surface area contributed by atoms with E-state index >= 15 is 0 Å². The topological polar surface area (TPSA) is 35.2 Å². The van der Waals surface area contributed by atoms with Crippen molar-refractivity contribution >= 4 is 0 Å². The molecule has 0 aliphatic heterocycles. The Balaban J connectivity index is 2.45. The maximum absolute atomic E-state index is 6.61. The van der Waals surface area contributed by atoms with Gasteiger partial charge in [-0.25, -0.2) is 0 Å². The Hall–Kier alpha value is -1.80. The molecule has 0 bridgehead atoms. The Morgan fingerprint density at radius 1 is 1.00 bits per heavy atom. The molecule has 0 saturated carbocycles. The summed E-state index contributed by atoms with van der Waals surface area (Å²) in [6, 6.07) is 16.3. The van der Waals surface area contributed by atoms with Gasteiger partial charge in [0.25, 0.3) is 0 Å². The zero-order valence-electron chi connectivity index (χ0n) is 12.7. The summed E-state index contributed by atoms with van der Waals surface area (Å²) in [6.45, 7) is 8.15. The number of hydrogen-bond donors (Lipinski definition) is 1. The monoisotopic (exact) mass is 269 g/mol. The van der Waals surface area contributed by atoms with Crippen molar-refractivity contribution in [2.75, 3.05) is 0 Å². The SMILES string of the molecule is Cc1ccc(C(C)(N)c2ccccc2OC(C)C)cc1. The van der Waals surface area contributed by atoms with Crippen LogP contribution in [0.3, 0.4) is 0 Å². The number of nitrogens with two attached hydrogens (primary N) is 1. The van der Waals surface area contributed by atoms with E-state index in [1.165, 1.54) is 5.56 Å². The average Bonchev–Trinajstić information content (AvgIpc) is 2.39. The van der Waals surface area contributed by atoms with Crippen molar-refractivity contribution in [1.29, 1.82) is 0 Å². The fourth-order valence-electron chi connectivity index (χ4n) is 2.31. The summed E-state index contributed by atoms with van der Waals surface area (Å²) in [7, 11) is 0. The minimum atomic E-state index is -0.570. The minimum Gasteiger partial charge on any atom is -0.491 e. The molecule has 2 nitrogen and oxygen atoms in total. The van der Waals surface area contributed by atoms with E-state index in [1.54, 1.807) is 0 Å². The number of aryl methyl sites for hydroxylation is 1. The molecule has 1 unspecified atom stereocenters. The van der Waals surface area contributed by atoms with Crippen LogP contribution in [0.1, 0.15) is 37.5 Å². The van der Waals surface area contributed by atoms with E-state index in [1.807, 2.05) is 45.0 Å². The number of rotatable bonds is 4. The lowest BCUT2D eigenvalue weighted by Crippen LogP contribution is -2.35. The molecule has 0 radical (unpaired) electrons. The normalized spacial score (nSPS) is 14.1. The van der Waals surface area contributed by atoms with Crippen molar-refractivity contribution in [2.24, 2.45) is 5.73 Å². The third kappa shape index (κ3) is 3.02. The van der Waals surface area contributed by atoms with Crippen LogP contribution in [-0.4, -0.2) is 6.10 Å². The Kier molecular flexibility index (Phi) is 4.15. The number of hydrogen-bond acceptors (Lipinski definition) is 2. The second-order valence-corrected chi connectivity index (χ2v) is 5.73. The van der Waals surface area contributed by atoms with Crippen molar-refractivity contribution in [1.82, 2.24) is 0 Å². The molecule has 0 aromatic heterocycles. The molecule has 0 amide bonds. The first-order valence-corrected chi connectivity index (χ1v) is 7.03. The van der Waals surface area contributed by atoms with E-state index in [4.69, 9.17) is 10.5 Å². The van der Waals surface area contributed by atoms with E-state index in [2.05, 4.69) is 31.2 Å². The Morgan fingerprint density at radius 3 is 2.20 bits per heavy atom. The van der Waals surface area contributed by atoms with Crippen molar-refractivity contribution in [2.45, 2.75) is 39.3 Å². The van der Waals surface area contributed by atoms with Crippen molar-refractivity contribution < 1.29 is 4.74 Å². The summed E-state index contributed by atoms with van der Waals surface area (Å²) >= 11 is 0. The van der Waals surface area contributed by atoms with Crippen LogP contribution in [0.15, 0.2) is 48.5 Å². The summed E-state index contributed by atoms with van der Waals surface area (Å²) in [6.07, 6.45) is 0.130. The molecule has 106 valence electrons.